The number of hydrogen-bond donors (Lipinski definition) is 0. The third-order valence-electron chi connectivity index (χ3n) is 5.75. The highest BCUT2D eigenvalue weighted by Crippen LogP contribution is 2.28. The lowest BCUT2D eigenvalue weighted by Crippen LogP contribution is -2.07. The molecular weight excluding hydrogens is 410 g/mol. The Balaban J connectivity index is 1.80. The minimum absolute atomic E-state index is 0.143. The Morgan fingerprint density at radius 1 is 0.903 bits per heavy atom. The normalized spacial score (nSPS) is 12.0. The molecule has 0 fully saturated rings. The Hall–Kier alpha value is -3.00. The Morgan fingerprint density at radius 3 is 2.29 bits per heavy atom. The van der Waals surface area contributed by atoms with Gasteiger partial charge in [0.05, 0.1) is 22.7 Å². The van der Waals surface area contributed by atoms with Crippen molar-refractivity contribution < 1.29 is 8.42 Å². The summed E-state index contributed by atoms with van der Waals surface area (Å²) in [4.78, 5) is 4.92. The zero-order valence-electron chi connectivity index (χ0n) is 18.3. The SMILES string of the molecule is Cc1cc2nc(-c3ccnn3C)cc(CCc3ccnn3C)c2cc1CCS(C)(=O)=O. The molecule has 0 amide bonds. The van der Waals surface area contributed by atoms with E-state index in [2.05, 4.69) is 28.4 Å². The van der Waals surface area contributed by atoms with Gasteiger partial charge in [0.15, 0.2) is 0 Å². The molecule has 31 heavy (non-hydrogen) atoms. The number of aryl methyl sites for hydroxylation is 6. The molecule has 162 valence electrons. The van der Waals surface area contributed by atoms with Crippen molar-refractivity contribution >= 4 is 20.7 Å². The molecule has 7 nitrogen and oxygen atoms in total. The van der Waals surface area contributed by atoms with E-state index < -0.39 is 9.84 Å². The van der Waals surface area contributed by atoms with E-state index in [0.29, 0.717) is 6.42 Å². The van der Waals surface area contributed by atoms with Crippen molar-refractivity contribution in [2.45, 2.75) is 26.2 Å². The van der Waals surface area contributed by atoms with E-state index in [0.717, 1.165) is 52.0 Å². The van der Waals surface area contributed by atoms with E-state index in [-0.39, 0.29) is 5.75 Å². The van der Waals surface area contributed by atoms with Crippen molar-refractivity contribution in [2.75, 3.05) is 12.0 Å². The first-order valence-electron chi connectivity index (χ1n) is 10.3. The number of sulfone groups is 1. The van der Waals surface area contributed by atoms with Gasteiger partial charge < -0.3 is 0 Å². The molecule has 4 aromatic rings. The fraction of sp³-hybridized carbons (Fsp3) is 0.348. The van der Waals surface area contributed by atoms with E-state index in [4.69, 9.17) is 4.98 Å². The Bertz CT molecular complexity index is 1350. The molecule has 0 saturated heterocycles. The van der Waals surface area contributed by atoms with Gasteiger partial charge in [-0.25, -0.2) is 13.4 Å². The smallest absolute Gasteiger partial charge is 0.147 e. The van der Waals surface area contributed by atoms with Crippen molar-refractivity contribution in [3.63, 3.8) is 0 Å². The molecule has 4 rings (SSSR count). The maximum atomic E-state index is 11.7. The Labute approximate surface area is 182 Å². The first-order chi connectivity index (χ1) is 14.7. The van der Waals surface area contributed by atoms with Crippen LogP contribution >= 0.6 is 0 Å². The molecule has 8 heteroatoms. The second-order valence-corrected chi connectivity index (χ2v) is 10.4. The fourth-order valence-electron chi connectivity index (χ4n) is 3.93. The Morgan fingerprint density at radius 2 is 1.65 bits per heavy atom. The van der Waals surface area contributed by atoms with Gasteiger partial charge in [-0.15, -0.1) is 0 Å². The predicted octanol–water partition coefficient (Wildman–Crippen LogP) is 3.05. The molecule has 0 aliphatic rings. The summed E-state index contributed by atoms with van der Waals surface area (Å²) in [5.41, 5.74) is 7.22. The summed E-state index contributed by atoms with van der Waals surface area (Å²) >= 11 is 0. The number of pyridine rings is 1. The van der Waals surface area contributed by atoms with Gasteiger partial charge in [0, 0.05) is 43.8 Å². The highest BCUT2D eigenvalue weighted by atomic mass is 32.2. The average Bonchev–Trinajstić information content (AvgIpc) is 3.31. The maximum Gasteiger partial charge on any atom is 0.147 e. The summed E-state index contributed by atoms with van der Waals surface area (Å²) in [5.74, 6) is 0.143. The standard InChI is InChI=1S/C23H27N5O2S/c1-16-13-21-20(14-17(16)9-12-31(4,29)30)18(5-6-19-7-10-24-27(19)2)15-22(26-21)23-8-11-25-28(23)3/h7-8,10-11,13-15H,5-6,9,12H2,1-4H3. The van der Waals surface area contributed by atoms with Crippen LogP contribution < -0.4 is 0 Å². The third-order valence-corrected chi connectivity index (χ3v) is 6.70. The van der Waals surface area contributed by atoms with Crippen molar-refractivity contribution in [2.24, 2.45) is 14.1 Å². The second-order valence-electron chi connectivity index (χ2n) is 8.13. The van der Waals surface area contributed by atoms with Gasteiger partial charge >= 0.3 is 0 Å². The molecular formula is C23H27N5O2S. The predicted molar refractivity (Wildman–Crippen MR) is 123 cm³/mol. The molecule has 3 aromatic heterocycles. The van der Waals surface area contributed by atoms with Crippen LogP contribution in [0.15, 0.2) is 42.7 Å². The van der Waals surface area contributed by atoms with E-state index in [9.17, 15) is 8.42 Å². The second kappa shape index (κ2) is 8.26. The lowest BCUT2D eigenvalue weighted by molar-refractivity contribution is 0.601. The highest BCUT2D eigenvalue weighted by Gasteiger charge is 2.14. The molecule has 0 radical (unpaired) electrons. The Kier molecular flexibility index (Phi) is 5.66. The maximum absolute atomic E-state index is 11.7. The number of aromatic nitrogens is 5. The van der Waals surface area contributed by atoms with Crippen molar-refractivity contribution in [1.29, 1.82) is 0 Å². The van der Waals surface area contributed by atoms with Crippen LogP contribution in [0.4, 0.5) is 0 Å². The van der Waals surface area contributed by atoms with Gasteiger partial charge in [-0.1, -0.05) is 0 Å². The molecule has 0 aliphatic carbocycles. The summed E-state index contributed by atoms with van der Waals surface area (Å²) < 4.78 is 27.1. The van der Waals surface area contributed by atoms with Crippen LogP contribution in [0.3, 0.4) is 0 Å². The van der Waals surface area contributed by atoms with Crippen LogP contribution in [0.25, 0.3) is 22.3 Å². The summed E-state index contributed by atoms with van der Waals surface area (Å²) in [6.45, 7) is 2.02. The minimum Gasteiger partial charge on any atom is -0.273 e. The van der Waals surface area contributed by atoms with Gasteiger partial charge in [-0.3, -0.25) is 9.36 Å². The number of rotatable bonds is 7. The van der Waals surface area contributed by atoms with Crippen molar-refractivity contribution in [3.8, 4) is 11.4 Å². The average molecular weight is 438 g/mol. The zero-order chi connectivity index (χ0) is 22.2. The number of benzene rings is 1. The summed E-state index contributed by atoms with van der Waals surface area (Å²) in [7, 11) is 0.842. The zero-order valence-corrected chi connectivity index (χ0v) is 19.1. The van der Waals surface area contributed by atoms with Crippen LogP contribution in [0.2, 0.25) is 0 Å². The molecule has 0 aliphatic heterocycles. The monoisotopic (exact) mass is 437 g/mol. The van der Waals surface area contributed by atoms with E-state index >= 15 is 0 Å². The minimum atomic E-state index is -3.02. The molecule has 0 saturated carbocycles. The van der Waals surface area contributed by atoms with Crippen LogP contribution in [-0.2, 0) is 43.2 Å². The number of fused-ring (bicyclic) bond motifs is 1. The molecule has 0 unspecified atom stereocenters. The quantitative estimate of drug-likeness (QED) is 0.444. The fourth-order valence-corrected chi connectivity index (χ4v) is 4.52. The van der Waals surface area contributed by atoms with Gasteiger partial charge in [0.25, 0.3) is 0 Å². The lowest BCUT2D eigenvalue weighted by Gasteiger charge is -2.14. The number of hydrogen-bond acceptors (Lipinski definition) is 5. The van der Waals surface area contributed by atoms with Gasteiger partial charge in [-0.2, -0.15) is 10.2 Å². The van der Waals surface area contributed by atoms with Crippen LogP contribution in [0, 0.1) is 6.92 Å². The summed E-state index contributed by atoms with van der Waals surface area (Å²) in [6, 6.07) is 10.3. The first-order valence-corrected chi connectivity index (χ1v) is 12.3. The third kappa shape index (κ3) is 4.69. The van der Waals surface area contributed by atoms with E-state index in [1.54, 1.807) is 6.20 Å². The van der Waals surface area contributed by atoms with Gasteiger partial charge in [-0.05, 0) is 73.2 Å². The molecule has 1 aromatic carbocycles. The summed E-state index contributed by atoms with van der Waals surface area (Å²) in [5, 5.41) is 9.63. The molecule has 0 atom stereocenters. The van der Waals surface area contributed by atoms with E-state index in [1.807, 2.05) is 48.7 Å². The molecule has 3 heterocycles. The van der Waals surface area contributed by atoms with Crippen molar-refractivity contribution in [1.82, 2.24) is 24.5 Å². The largest absolute Gasteiger partial charge is 0.273 e. The molecule has 0 spiro atoms. The number of nitrogens with zero attached hydrogens (tertiary/aromatic N) is 5. The molecule has 0 N–H and O–H groups in total. The van der Waals surface area contributed by atoms with Gasteiger partial charge in [0.2, 0.25) is 0 Å². The van der Waals surface area contributed by atoms with Crippen LogP contribution in [0.1, 0.15) is 22.4 Å². The highest BCUT2D eigenvalue weighted by molar-refractivity contribution is 7.90. The first kappa shape index (κ1) is 21.2. The lowest BCUT2D eigenvalue weighted by atomic mass is 9.96. The summed E-state index contributed by atoms with van der Waals surface area (Å²) in [6.07, 6.45) is 7.06. The van der Waals surface area contributed by atoms with E-state index in [1.165, 1.54) is 11.8 Å². The topological polar surface area (TPSA) is 82.7 Å². The van der Waals surface area contributed by atoms with Crippen molar-refractivity contribution in [3.05, 3.63) is 65.1 Å². The van der Waals surface area contributed by atoms with Crippen LogP contribution in [0.5, 0.6) is 0 Å². The van der Waals surface area contributed by atoms with Gasteiger partial charge in [0.1, 0.15) is 9.84 Å². The van der Waals surface area contributed by atoms with Crippen LogP contribution in [-0.4, -0.2) is 45.0 Å². The molecule has 0 bridgehead atoms.